The molecule has 0 bridgehead atoms. The summed E-state index contributed by atoms with van der Waals surface area (Å²) in [4.78, 5) is 0. The van der Waals surface area contributed by atoms with Crippen molar-refractivity contribution in [3.8, 4) is 0 Å². The lowest BCUT2D eigenvalue weighted by Gasteiger charge is -2.35. The van der Waals surface area contributed by atoms with Crippen LogP contribution in [0.4, 0.5) is 0 Å². The lowest BCUT2D eigenvalue weighted by Crippen LogP contribution is -2.48. The third-order valence-electron chi connectivity index (χ3n) is 2.70. The molecule has 1 rings (SSSR count). The quantitative estimate of drug-likeness (QED) is 0.684. The van der Waals surface area contributed by atoms with Gasteiger partial charge in [0.05, 0.1) is 12.2 Å². The van der Waals surface area contributed by atoms with Crippen LogP contribution in [0.3, 0.4) is 0 Å². The third kappa shape index (κ3) is 3.43. The maximum atomic E-state index is 5.92. The van der Waals surface area contributed by atoms with Crippen molar-refractivity contribution in [3.05, 3.63) is 12.2 Å². The second kappa shape index (κ2) is 6.20. The summed E-state index contributed by atoms with van der Waals surface area (Å²) < 4.78 is 5.92. The summed E-state index contributed by atoms with van der Waals surface area (Å²) in [6.07, 6.45) is 9.21. The van der Waals surface area contributed by atoms with Gasteiger partial charge < -0.3 is 10.1 Å². The molecule has 1 aliphatic rings. The Morgan fingerprint density at radius 2 is 2.29 bits per heavy atom. The van der Waals surface area contributed by atoms with Gasteiger partial charge in [-0.15, -0.1) is 0 Å². The smallest absolute Gasteiger partial charge is 0.0986 e. The summed E-state index contributed by atoms with van der Waals surface area (Å²) in [5.74, 6) is 0. The standard InChI is InChI=1S/C12H23NO/c1-3-5-7-12(8-6-4-2)11-13-9-10-14-12/h5,7,13H,3-4,6,8-11H2,1-2H3. The monoisotopic (exact) mass is 197 g/mol. The van der Waals surface area contributed by atoms with Crippen LogP contribution in [0, 0.1) is 0 Å². The van der Waals surface area contributed by atoms with E-state index in [1.165, 1.54) is 12.8 Å². The zero-order valence-corrected chi connectivity index (χ0v) is 9.51. The summed E-state index contributed by atoms with van der Waals surface area (Å²) in [7, 11) is 0. The Morgan fingerprint density at radius 3 is 2.86 bits per heavy atom. The predicted octanol–water partition coefficient (Wildman–Crippen LogP) is 2.50. The van der Waals surface area contributed by atoms with Gasteiger partial charge in [-0.3, -0.25) is 0 Å². The Kier molecular flexibility index (Phi) is 5.20. The van der Waals surface area contributed by atoms with E-state index in [-0.39, 0.29) is 5.60 Å². The highest BCUT2D eigenvalue weighted by molar-refractivity contribution is 5.04. The van der Waals surface area contributed by atoms with E-state index in [2.05, 4.69) is 31.3 Å². The van der Waals surface area contributed by atoms with E-state index in [9.17, 15) is 0 Å². The molecule has 1 saturated heterocycles. The molecule has 2 nitrogen and oxygen atoms in total. The van der Waals surface area contributed by atoms with Gasteiger partial charge in [-0.05, 0) is 12.8 Å². The summed E-state index contributed by atoms with van der Waals surface area (Å²) in [6, 6.07) is 0. The fraction of sp³-hybridized carbons (Fsp3) is 0.833. The van der Waals surface area contributed by atoms with E-state index < -0.39 is 0 Å². The highest BCUT2D eigenvalue weighted by atomic mass is 16.5. The summed E-state index contributed by atoms with van der Waals surface area (Å²) >= 11 is 0. The first kappa shape index (κ1) is 11.7. The molecule has 0 aromatic rings. The highest BCUT2D eigenvalue weighted by Crippen LogP contribution is 2.22. The van der Waals surface area contributed by atoms with E-state index in [1.807, 2.05) is 0 Å². The molecular formula is C12H23NO. The van der Waals surface area contributed by atoms with Crippen molar-refractivity contribution < 1.29 is 4.74 Å². The van der Waals surface area contributed by atoms with Gasteiger partial charge in [0, 0.05) is 13.1 Å². The Morgan fingerprint density at radius 1 is 1.43 bits per heavy atom. The molecular weight excluding hydrogens is 174 g/mol. The van der Waals surface area contributed by atoms with Gasteiger partial charge in [0.2, 0.25) is 0 Å². The minimum atomic E-state index is -0.00965. The minimum absolute atomic E-state index is 0.00965. The van der Waals surface area contributed by atoms with E-state index >= 15 is 0 Å². The molecule has 0 aromatic carbocycles. The van der Waals surface area contributed by atoms with E-state index in [4.69, 9.17) is 4.74 Å². The molecule has 82 valence electrons. The predicted molar refractivity (Wildman–Crippen MR) is 60.5 cm³/mol. The molecule has 0 radical (unpaired) electrons. The van der Waals surface area contributed by atoms with Crippen LogP contribution in [0.5, 0.6) is 0 Å². The largest absolute Gasteiger partial charge is 0.368 e. The van der Waals surface area contributed by atoms with Crippen molar-refractivity contribution in [2.45, 2.75) is 45.1 Å². The second-order valence-electron chi connectivity index (χ2n) is 4.00. The lowest BCUT2D eigenvalue weighted by molar-refractivity contribution is -0.0371. The third-order valence-corrected chi connectivity index (χ3v) is 2.70. The van der Waals surface area contributed by atoms with Crippen LogP contribution in [0.2, 0.25) is 0 Å². The van der Waals surface area contributed by atoms with Gasteiger partial charge in [0.1, 0.15) is 0 Å². The molecule has 0 saturated carbocycles. The number of unbranched alkanes of at least 4 members (excludes halogenated alkanes) is 1. The van der Waals surface area contributed by atoms with Gasteiger partial charge >= 0.3 is 0 Å². The molecule has 1 aliphatic heterocycles. The van der Waals surface area contributed by atoms with Gasteiger partial charge in [0.15, 0.2) is 0 Å². The van der Waals surface area contributed by atoms with Crippen molar-refractivity contribution in [1.82, 2.24) is 5.32 Å². The number of nitrogens with one attached hydrogen (secondary N) is 1. The zero-order valence-electron chi connectivity index (χ0n) is 9.51. The van der Waals surface area contributed by atoms with Crippen LogP contribution in [0.1, 0.15) is 39.5 Å². The van der Waals surface area contributed by atoms with Crippen LogP contribution in [-0.4, -0.2) is 25.3 Å². The highest BCUT2D eigenvalue weighted by Gasteiger charge is 2.29. The van der Waals surface area contributed by atoms with Crippen LogP contribution in [-0.2, 0) is 4.74 Å². The van der Waals surface area contributed by atoms with Gasteiger partial charge in [-0.2, -0.15) is 0 Å². The molecule has 1 N–H and O–H groups in total. The molecule has 0 aromatic heterocycles. The fourth-order valence-electron chi connectivity index (χ4n) is 1.84. The first-order valence-electron chi connectivity index (χ1n) is 5.85. The van der Waals surface area contributed by atoms with Crippen molar-refractivity contribution in [2.24, 2.45) is 0 Å². The number of morpholine rings is 1. The Balaban J connectivity index is 2.52. The normalized spacial score (nSPS) is 28.4. The molecule has 14 heavy (non-hydrogen) atoms. The number of allylic oxidation sites excluding steroid dienone is 1. The topological polar surface area (TPSA) is 21.3 Å². The molecule has 1 heterocycles. The van der Waals surface area contributed by atoms with Gasteiger partial charge in [-0.25, -0.2) is 0 Å². The van der Waals surface area contributed by atoms with E-state index in [0.29, 0.717) is 0 Å². The van der Waals surface area contributed by atoms with Crippen molar-refractivity contribution in [2.75, 3.05) is 19.7 Å². The van der Waals surface area contributed by atoms with Crippen molar-refractivity contribution in [1.29, 1.82) is 0 Å². The molecule has 1 unspecified atom stereocenters. The molecule has 0 spiro atoms. The number of rotatable bonds is 5. The zero-order chi connectivity index (χ0) is 10.3. The average Bonchev–Trinajstić information content (AvgIpc) is 2.25. The first-order chi connectivity index (χ1) is 6.83. The molecule has 2 heteroatoms. The summed E-state index contributed by atoms with van der Waals surface area (Å²) in [5.41, 5.74) is -0.00965. The minimum Gasteiger partial charge on any atom is -0.368 e. The number of ether oxygens (including phenoxy) is 1. The number of hydrogen-bond donors (Lipinski definition) is 1. The van der Waals surface area contributed by atoms with E-state index in [1.54, 1.807) is 0 Å². The lowest BCUT2D eigenvalue weighted by atomic mass is 9.94. The molecule has 0 amide bonds. The Bertz CT molecular complexity index is 171. The maximum absolute atomic E-state index is 5.92. The molecule has 1 fully saturated rings. The van der Waals surface area contributed by atoms with Crippen molar-refractivity contribution in [3.63, 3.8) is 0 Å². The first-order valence-corrected chi connectivity index (χ1v) is 5.85. The average molecular weight is 197 g/mol. The fourth-order valence-corrected chi connectivity index (χ4v) is 1.84. The van der Waals surface area contributed by atoms with Crippen molar-refractivity contribution >= 4 is 0 Å². The summed E-state index contributed by atoms with van der Waals surface area (Å²) in [6.45, 7) is 7.21. The summed E-state index contributed by atoms with van der Waals surface area (Å²) in [5, 5.41) is 3.42. The van der Waals surface area contributed by atoms with E-state index in [0.717, 1.165) is 32.5 Å². The van der Waals surface area contributed by atoms with Crippen LogP contribution in [0.25, 0.3) is 0 Å². The Labute approximate surface area is 87.7 Å². The van der Waals surface area contributed by atoms with Crippen LogP contribution >= 0.6 is 0 Å². The molecule has 1 atom stereocenters. The van der Waals surface area contributed by atoms with Crippen LogP contribution in [0.15, 0.2) is 12.2 Å². The van der Waals surface area contributed by atoms with Gasteiger partial charge in [0.25, 0.3) is 0 Å². The molecule has 0 aliphatic carbocycles. The SMILES string of the molecule is CCC=CC1(CCCC)CNCCO1. The maximum Gasteiger partial charge on any atom is 0.0986 e. The Hall–Kier alpha value is -0.340. The van der Waals surface area contributed by atoms with Crippen LogP contribution < -0.4 is 5.32 Å². The second-order valence-corrected chi connectivity index (χ2v) is 4.00. The number of hydrogen-bond acceptors (Lipinski definition) is 2. The van der Waals surface area contributed by atoms with Gasteiger partial charge in [-0.1, -0.05) is 38.8 Å².